The lowest BCUT2D eigenvalue weighted by molar-refractivity contribution is 0.0924. The van der Waals surface area contributed by atoms with E-state index < -0.39 is 0 Å². The Morgan fingerprint density at radius 1 is 1.18 bits per heavy atom. The summed E-state index contributed by atoms with van der Waals surface area (Å²) >= 11 is 0. The van der Waals surface area contributed by atoms with Crippen molar-refractivity contribution in [3.63, 3.8) is 0 Å². The van der Waals surface area contributed by atoms with Crippen LogP contribution in [-0.2, 0) is 0 Å². The zero-order valence-electron chi connectivity index (χ0n) is 13.8. The van der Waals surface area contributed by atoms with Gasteiger partial charge in [0.05, 0.1) is 0 Å². The van der Waals surface area contributed by atoms with Crippen molar-refractivity contribution >= 4 is 5.91 Å². The number of hydrogen-bond acceptors (Lipinski definition) is 4. The first-order valence-electron chi connectivity index (χ1n) is 7.55. The first kappa shape index (κ1) is 16.2. The third kappa shape index (κ3) is 3.93. The number of benzene rings is 1. The number of nitrogens with zero attached hydrogens (tertiary/aromatic N) is 2. The minimum Gasteiger partial charge on any atom is -0.423 e. The SMILES string of the molecule is Cc1nnc(C(CC(C)C)NC(=O)c2ccc(C)c(C)c2)o1. The van der Waals surface area contributed by atoms with Crippen LogP contribution in [0.4, 0.5) is 0 Å². The molecule has 2 aromatic rings. The topological polar surface area (TPSA) is 68.0 Å². The van der Waals surface area contributed by atoms with Crippen molar-refractivity contribution in [3.8, 4) is 0 Å². The van der Waals surface area contributed by atoms with E-state index in [-0.39, 0.29) is 11.9 Å². The summed E-state index contributed by atoms with van der Waals surface area (Å²) in [7, 11) is 0. The van der Waals surface area contributed by atoms with Gasteiger partial charge in [-0.25, -0.2) is 0 Å². The first-order chi connectivity index (χ1) is 10.4. The molecule has 22 heavy (non-hydrogen) atoms. The predicted octanol–water partition coefficient (Wildman–Crippen LogP) is 3.51. The molecule has 1 heterocycles. The van der Waals surface area contributed by atoms with Gasteiger partial charge in [-0.2, -0.15) is 0 Å². The van der Waals surface area contributed by atoms with Gasteiger partial charge in [0.1, 0.15) is 6.04 Å². The molecular weight excluding hydrogens is 278 g/mol. The van der Waals surface area contributed by atoms with Crippen molar-refractivity contribution in [3.05, 3.63) is 46.7 Å². The zero-order chi connectivity index (χ0) is 16.3. The van der Waals surface area contributed by atoms with Gasteiger partial charge < -0.3 is 9.73 Å². The molecule has 1 amide bonds. The molecule has 1 aromatic heterocycles. The summed E-state index contributed by atoms with van der Waals surface area (Å²) in [6, 6.07) is 5.42. The van der Waals surface area contributed by atoms with E-state index in [0.29, 0.717) is 23.3 Å². The summed E-state index contributed by atoms with van der Waals surface area (Å²) < 4.78 is 5.49. The molecule has 0 aliphatic heterocycles. The molecule has 1 unspecified atom stereocenters. The van der Waals surface area contributed by atoms with Crippen molar-refractivity contribution in [2.45, 2.75) is 47.1 Å². The molecule has 1 N–H and O–H groups in total. The second-order valence-corrected chi connectivity index (χ2v) is 6.11. The van der Waals surface area contributed by atoms with Crippen LogP contribution in [0.2, 0.25) is 0 Å². The summed E-state index contributed by atoms with van der Waals surface area (Å²) in [6.07, 6.45) is 0.748. The third-order valence-corrected chi connectivity index (χ3v) is 3.62. The Balaban J connectivity index is 2.18. The molecule has 0 saturated carbocycles. The molecule has 0 aliphatic carbocycles. The maximum Gasteiger partial charge on any atom is 0.251 e. The minimum absolute atomic E-state index is 0.121. The van der Waals surface area contributed by atoms with Crippen molar-refractivity contribution < 1.29 is 9.21 Å². The van der Waals surface area contributed by atoms with Crippen molar-refractivity contribution in [2.75, 3.05) is 0 Å². The van der Waals surface area contributed by atoms with Gasteiger partial charge in [0.15, 0.2) is 0 Å². The van der Waals surface area contributed by atoms with Gasteiger partial charge in [0, 0.05) is 12.5 Å². The van der Waals surface area contributed by atoms with Crippen molar-refractivity contribution in [1.82, 2.24) is 15.5 Å². The van der Waals surface area contributed by atoms with E-state index in [9.17, 15) is 4.79 Å². The predicted molar refractivity (Wildman–Crippen MR) is 84.6 cm³/mol. The number of aryl methyl sites for hydroxylation is 3. The highest BCUT2D eigenvalue weighted by molar-refractivity contribution is 5.94. The van der Waals surface area contributed by atoms with Gasteiger partial charge in [0.2, 0.25) is 11.8 Å². The molecule has 5 nitrogen and oxygen atoms in total. The Morgan fingerprint density at radius 3 is 2.45 bits per heavy atom. The average Bonchev–Trinajstić information content (AvgIpc) is 2.87. The molecule has 0 fully saturated rings. The van der Waals surface area contributed by atoms with Crippen LogP contribution in [0.3, 0.4) is 0 Å². The van der Waals surface area contributed by atoms with E-state index in [1.165, 1.54) is 5.56 Å². The normalized spacial score (nSPS) is 12.5. The molecule has 0 saturated heterocycles. The van der Waals surface area contributed by atoms with Crippen LogP contribution < -0.4 is 5.32 Å². The molecule has 0 aliphatic rings. The Hall–Kier alpha value is -2.17. The Bertz CT molecular complexity index is 662. The summed E-state index contributed by atoms with van der Waals surface area (Å²) in [5.74, 6) is 1.24. The van der Waals surface area contributed by atoms with Crippen LogP contribution in [-0.4, -0.2) is 16.1 Å². The maximum atomic E-state index is 12.5. The largest absolute Gasteiger partial charge is 0.423 e. The molecule has 0 radical (unpaired) electrons. The van der Waals surface area contributed by atoms with Crippen LogP contribution in [0.25, 0.3) is 0 Å². The third-order valence-electron chi connectivity index (χ3n) is 3.62. The summed E-state index contributed by atoms with van der Waals surface area (Å²) in [5, 5.41) is 10.9. The van der Waals surface area contributed by atoms with E-state index in [1.807, 2.05) is 32.0 Å². The molecule has 2 rings (SSSR count). The average molecular weight is 301 g/mol. The van der Waals surface area contributed by atoms with Crippen LogP contribution in [0.1, 0.15) is 59.6 Å². The van der Waals surface area contributed by atoms with E-state index in [4.69, 9.17) is 4.42 Å². The number of amides is 1. The van der Waals surface area contributed by atoms with E-state index in [1.54, 1.807) is 6.92 Å². The Kier molecular flexibility index (Phi) is 4.96. The van der Waals surface area contributed by atoms with Gasteiger partial charge in [-0.15, -0.1) is 10.2 Å². The lowest BCUT2D eigenvalue weighted by Gasteiger charge is -2.17. The first-order valence-corrected chi connectivity index (χ1v) is 7.55. The number of hydrogen-bond donors (Lipinski definition) is 1. The monoisotopic (exact) mass is 301 g/mol. The number of carbonyl (C=O) groups excluding carboxylic acids is 1. The van der Waals surface area contributed by atoms with Crippen LogP contribution in [0.5, 0.6) is 0 Å². The minimum atomic E-state index is -0.268. The lowest BCUT2D eigenvalue weighted by atomic mass is 10.0. The standard InChI is InChI=1S/C17H23N3O2/c1-10(2)8-15(17-20-19-13(5)22-17)18-16(21)14-7-6-11(3)12(4)9-14/h6-7,9-10,15H,8H2,1-5H3,(H,18,21). The quantitative estimate of drug-likeness (QED) is 0.917. The van der Waals surface area contributed by atoms with Gasteiger partial charge in [-0.1, -0.05) is 19.9 Å². The summed E-state index contributed by atoms with van der Waals surface area (Å²) in [5.41, 5.74) is 2.91. The molecule has 0 bridgehead atoms. The van der Waals surface area contributed by atoms with Crippen molar-refractivity contribution in [2.24, 2.45) is 5.92 Å². The highest BCUT2D eigenvalue weighted by Gasteiger charge is 2.22. The Labute approximate surface area is 131 Å². The lowest BCUT2D eigenvalue weighted by Crippen LogP contribution is -2.30. The fraction of sp³-hybridized carbons (Fsp3) is 0.471. The molecule has 1 atom stereocenters. The molecule has 0 spiro atoms. The fourth-order valence-electron chi connectivity index (χ4n) is 2.27. The second kappa shape index (κ2) is 6.73. The highest BCUT2D eigenvalue weighted by atomic mass is 16.4. The number of aromatic nitrogens is 2. The molecule has 5 heteroatoms. The molecular formula is C17H23N3O2. The number of carbonyl (C=O) groups is 1. The number of nitrogens with one attached hydrogen (secondary N) is 1. The number of rotatable bonds is 5. The maximum absolute atomic E-state index is 12.5. The summed E-state index contributed by atoms with van der Waals surface area (Å²) in [6.45, 7) is 9.96. The van der Waals surface area contributed by atoms with Crippen LogP contribution >= 0.6 is 0 Å². The second-order valence-electron chi connectivity index (χ2n) is 6.11. The smallest absolute Gasteiger partial charge is 0.251 e. The van der Waals surface area contributed by atoms with Crippen LogP contribution in [0, 0.1) is 26.7 Å². The molecule has 1 aromatic carbocycles. The zero-order valence-corrected chi connectivity index (χ0v) is 13.8. The van der Waals surface area contributed by atoms with E-state index in [0.717, 1.165) is 12.0 Å². The van der Waals surface area contributed by atoms with E-state index in [2.05, 4.69) is 29.4 Å². The highest BCUT2D eigenvalue weighted by Crippen LogP contribution is 2.21. The van der Waals surface area contributed by atoms with E-state index >= 15 is 0 Å². The van der Waals surface area contributed by atoms with Gasteiger partial charge >= 0.3 is 0 Å². The van der Waals surface area contributed by atoms with Crippen molar-refractivity contribution in [1.29, 1.82) is 0 Å². The fourth-order valence-corrected chi connectivity index (χ4v) is 2.27. The van der Waals surface area contributed by atoms with Crippen LogP contribution in [0.15, 0.2) is 22.6 Å². The molecule has 118 valence electrons. The van der Waals surface area contributed by atoms with Gasteiger partial charge in [-0.05, 0) is 49.4 Å². The Morgan fingerprint density at radius 2 is 1.91 bits per heavy atom. The summed E-state index contributed by atoms with van der Waals surface area (Å²) in [4.78, 5) is 12.5. The van der Waals surface area contributed by atoms with Gasteiger partial charge in [-0.3, -0.25) is 4.79 Å². The van der Waals surface area contributed by atoms with Gasteiger partial charge in [0.25, 0.3) is 5.91 Å².